The van der Waals surface area contributed by atoms with Crippen molar-refractivity contribution in [1.29, 1.82) is 0 Å². The Morgan fingerprint density at radius 2 is 2.18 bits per heavy atom. The molecule has 1 aliphatic carbocycles. The lowest BCUT2D eigenvalue weighted by Crippen LogP contribution is -2.47. The molecule has 1 atom stereocenters. The number of benzene rings is 1. The second-order valence-corrected chi connectivity index (χ2v) is 7.73. The zero-order chi connectivity index (χ0) is 16.0. The van der Waals surface area contributed by atoms with Gasteiger partial charge in [0.2, 0.25) is 0 Å². The van der Waals surface area contributed by atoms with Crippen LogP contribution in [0.5, 0.6) is 0 Å². The van der Waals surface area contributed by atoms with Crippen molar-refractivity contribution in [2.24, 2.45) is 0 Å². The molecule has 3 nitrogen and oxygen atoms in total. The fraction of sp³-hybridized carbons (Fsp3) is 0.400. The van der Waals surface area contributed by atoms with Crippen molar-refractivity contribution in [1.82, 2.24) is 9.55 Å². The largest absolute Gasteiger partial charge is 0.386 e. The molecular formula is C15H14BrCl2FN2O. The van der Waals surface area contributed by atoms with Gasteiger partial charge in [0.1, 0.15) is 16.0 Å². The van der Waals surface area contributed by atoms with Gasteiger partial charge in [0.05, 0.1) is 23.9 Å². The van der Waals surface area contributed by atoms with Gasteiger partial charge >= 0.3 is 0 Å². The van der Waals surface area contributed by atoms with Crippen LogP contribution in [-0.2, 0) is 13.0 Å². The van der Waals surface area contributed by atoms with Crippen LogP contribution >= 0.6 is 39.1 Å². The minimum atomic E-state index is -1.27. The van der Waals surface area contributed by atoms with Gasteiger partial charge in [0.15, 0.2) is 0 Å². The standard InChI is InChI=1S/C15H14BrCl2FN2O/c16-13-7-20-9-21(13)8-15(22,14(18)3-4-14)6-10-1-2-11(17)5-12(10)19/h1-2,5,7,9,22H,3-4,6,8H2. The number of aliphatic hydroxyl groups is 1. The van der Waals surface area contributed by atoms with E-state index in [0.717, 1.165) is 4.60 Å². The highest BCUT2D eigenvalue weighted by molar-refractivity contribution is 9.10. The fourth-order valence-electron chi connectivity index (χ4n) is 2.61. The summed E-state index contributed by atoms with van der Waals surface area (Å²) >= 11 is 15.7. The molecule has 1 heterocycles. The Hall–Kier alpha value is -0.620. The van der Waals surface area contributed by atoms with Crippen LogP contribution in [0.1, 0.15) is 18.4 Å². The zero-order valence-corrected chi connectivity index (χ0v) is 14.7. The molecule has 1 aliphatic rings. The van der Waals surface area contributed by atoms with E-state index in [4.69, 9.17) is 23.2 Å². The number of hydrogen-bond acceptors (Lipinski definition) is 2. The van der Waals surface area contributed by atoms with Gasteiger partial charge in [0.25, 0.3) is 0 Å². The number of imidazole rings is 1. The van der Waals surface area contributed by atoms with Crippen LogP contribution in [0.4, 0.5) is 4.39 Å². The van der Waals surface area contributed by atoms with E-state index in [2.05, 4.69) is 20.9 Å². The molecule has 1 aromatic carbocycles. The van der Waals surface area contributed by atoms with Gasteiger partial charge in [-0.1, -0.05) is 17.7 Å². The third-order valence-corrected chi connectivity index (χ3v) is 5.74. The number of alkyl halides is 1. The average Bonchev–Trinajstić information content (AvgIpc) is 3.09. The summed E-state index contributed by atoms with van der Waals surface area (Å²) in [5, 5.41) is 11.5. The number of rotatable bonds is 5. The minimum absolute atomic E-state index is 0.115. The van der Waals surface area contributed by atoms with Crippen molar-refractivity contribution >= 4 is 39.1 Å². The first-order chi connectivity index (χ1) is 10.3. The van der Waals surface area contributed by atoms with Crippen LogP contribution in [0.3, 0.4) is 0 Å². The van der Waals surface area contributed by atoms with E-state index in [1.165, 1.54) is 6.07 Å². The molecule has 1 N–H and O–H groups in total. The molecule has 0 bridgehead atoms. The quantitative estimate of drug-likeness (QED) is 0.755. The lowest BCUT2D eigenvalue weighted by Gasteiger charge is -2.34. The van der Waals surface area contributed by atoms with Crippen LogP contribution in [0, 0.1) is 5.82 Å². The van der Waals surface area contributed by atoms with E-state index in [0.29, 0.717) is 23.4 Å². The molecule has 0 saturated heterocycles. The highest BCUT2D eigenvalue weighted by Crippen LogP contribution is 2.53. The summed E-state index contributed by atoms with van der Waals surface area (Å²) < 4.78 is 16.6. The molecule has 1 fully saturated rings. The molecule has 2 aromatic rings. The van der Waals surface area contributed by atoms with Gasteiger partial charge < -0.3 is 9.67 Å². The molecule has 0 amide bonds. The Balaban J connectivity index is 1.91. The van der Waals surface area contributed by atoms with Gasteiger partial charge in [0, 0.05) is 11.4 Å². The molecule has 0 spiro atoms. The Morgan fingerprint density at radius 1 is 1.45 bits per heavy atom. The van der Waals surface area contributed by atoms with E-state index in [1.807, 2.05) is 0 Å². The van der Waals surface area contributed by atoms with E-state index in [9.17, 15) is 9.50 Å². The first-order valence-corrected chi connectivity index (χ1v) is 8.39. The smallest absolute Gasteiger partial charge is 0.127 e. The van der Waals surface area contributed by atoms with E-state index in [1.54, 1.807) is 29.2 Å². The van der Waals surface area contributed by atoms with E-state index >= 15 is 0 Å². The van der Waals surface area contributed by atoms with Crippen molar-refractivity contribution in [3.63, 3.8) is 0 Å². The summed E-state index contributed by atoms with van der Waals surface area (Å²) in [7, 11) is 0. The van der Waals surface area contributed by atoms with Crippen LogP contribution < -0.4 is 0 Å². The van der Waals surface area contributed by atoms with Crippen LogP contribution in [0.15, 0.2) is 35.3 Å². The average molecular weight is 408 g/mol. The molecule has 0 aliphatic heterocycles. The monoisotopic (exact) mass is 406 g/mol. The molecule has 118 valence electrons. The molecule has 1 unspecified atom stereocenters. The summed E-state index contributed by atoms with van der Waals surface area (Å²) in [6.07, 6.45) is 4.76. The predicted molar refractivity (Wildman–Crippen MR) is 87.8 cm³/mol. The van der Waals surface area contributed by atoms with Crippen molar-refractivity contribution in [3.8, 4) is 0 Å². The molecule has 3 rings (SSSR count). The topological polar surface area (TPSA) is 38.0 Å². The zero-order valence-electron chi connectivity index (χ0n) is 11.6. The molecule has 1 aromatic heterocycles. The Bertz CT molecular complexity index is 705. The van der Waals surface area contributed by atoms with Crippen molar-refractivity contribution in [2.45, 2.75) is 36.3 Å². The normalized spacial score (nSPS) is 19.0. The second kappa shape index (κ2) is 5.78. The predicted octanol–water partition coefficient (Wildman–Crippen LogP) is 4.18. The highest BCUT2D eigenvalue weighted by atomic mass is 79.9. The van der Waals surface area contributed by atoms with Crippen LogP contribution in [0.25, 0.3) is 0 Å². The fourth-order valence-corrected chi connectivity index (χ4v) is 3.33. The maximum absolute atomic E-state index is 14.1. The SMILES string of the molecule is OC(Cc1ccc(Cl)cc1F)(Cn1cncc1Br)C1(Cl)CC1. The number of nitrogens with zero attached hydrogens (tertiary/aromatic N) is 2. The van der Waals surface area contributed by atoms with Crippen LogP contribution in [0.2, 0.25) is 5.02 Å². The third-order valence-electron chi connectivity index (χ3n) is 4.11. The summed E-state index contributed by atoms with van der Waals surface area (Å²) in [5.41, 5.74) is -0.873. The van der Waals surface area contributed by atoms with E-state index in [-0.39, 0.29) is 13.0 Å². The second-order valence-electron chi connectivity index (χ2n) is 5.75. The Labute approximate surface area is 146 Å². The maximum atomic E-state index is 14.1. The first kappa shape index (κ1) is 16.2. The van der Waals surface area contributed by atoms with Crippen molar-refractivity contribution < 1.29 is 9.50 Å². The van der Waals surface area contributed by atoms with Gasteiger partial charge in [-0.3, -0.25) is 0 Å². The Kier molecular flexibility index (Phi) is 4.27. The molecule has 1 saturated carbocycles. The molecule has 22 heavy (non-hydrogen) atoms. The van der Waals surface area contributed by atoms with Gasteiger partial charge in [-0.05, 0) is 46.5 Å². The Morgan fingerprint density at radius 3 is 2.73 bits per heavy atom. The number of halogens is 4. The van der Waals surface area contributed by atoms with Crippen molar-refractivity contribution in [3.05, 3.63) is 51.7 Å². The van der Waals surface area contributed by atoms with Gasteiger partial charge in [-0.2, -0.15) is 0 Å². The first-order valence-electron chi connectivity index (χ1n) is 6.84. The summed E-state index contributed by atoms with van der Waals surface area (Å²) in [6.45, 7) is 0.235. The minimum Gasteiger partial charge on any atom is -0.386 e. The summed E-state index contributed by atoms with van der Waals surface area (Å²) in [6, 6.07) is 4.45. The van der Waals surface area contributed by atoms with Gasteiger partial charge in [-0.15, -0.1) is 11.6 Å². The van der Waals surface area contributed by atoms with Crippen LogP contribution in [-0.4, -0.2) is 25.1 Å². The maximum Gasteiger partial charge on any atom is 0.127 e. The summed E-state index contributed by atoms with van der Waals surface area (Å²) in [5.74, 6) is -0.434. The number of aromatic nitrogens is 2. The van der Waals surface area contributed by atoms with Crippen molar-refractivity contribution in [2.75, 3.05) is 0 Å². The molecular weight excluding hydrogens is 394 g/mol. The number of hydrogen-bond donors (Lipinski definition) is 1. The lowest BCUT2D eigenvalue weighted by molar-refractivity contribution is 0.00963. The molecule has 0 radical (unpaired) electrons. The van der Waals surface area contributed by atoms with E-state index < -0.39 is 16.3 Å². The lowest BCUT2D eigenvalue weighted by atomic mass is 9.88. The highest BCUT2D eigenvalue weighted by Gasteiger charge is 2.58. The third kappa shape index (κ3) is 3.04. The van der Waals surface area contributed by atoms with Gasteiger partial charge in [-0.25, -0.2) is 9.37 Å². The summed E-state index contributed by atoms with van der Waals surface area (Å²) in [4.78, 5) is 3.28. The molecule has 7 heteroatoms.